The number of ether oxygens (including phenoxy) is 1. The van der Waals surface area contributed by atoms with Crippen molar-refractivity contribution in [1.82, 2.24) is 0 Å². The van der Waals surface area contributed by atoms with Crippen LogP contribution in [-0.4, -0.2) is 12.5 Å². The maximum absolute atomic E-state index is 5.67. The molecule has 0 saturated carbocycles. The zero-order valence-electron chi connectivity index (χ0n) is 9.55. The average molecular weight is 227 g/mol. The zero-order valence-corrected chi connectivity index (χ0v) is 10.3. The van der Waals surface area contributed by atoms with E-state index < -0.39 is 0 Å². The zero-order chi connectivity index (χ0) is 11.1. The van der Waals surface area contributed by atoms with Gasteiger partial charge in [-0.2, -0.15) is 0 Å². The van der Waals surface area contributed by atoms with Gasteiger partial charge in [-0.1, -0.05) is 6.07 Å². The summed E-state index contributed by atoms with van der Waals surface area (Å²) in [6, 6.07) is 6.31. The van der Waals surface area contributed by atoms with Gasteiger partial charge in [0.15, 0.2) is 0 Å². The lowest BCUT2D eigenvalue weighted by molar-refractivity contribution is 0.306. The monoisotopic (exact) mass is 226 g/mol. The molecule has 0 saturated heterocycles. The fraction of sp³-hybridized carbons (Fsp3) is 0.538. The number of aryl methyl sites for hydroxylation is 2. The van der Waals surface area contributed by atoms with Gasteiger partial charge in [-0.3, -0.25) is 0 Å². The van der Waals surface area contributed by atoms with Gasteiger partial charge in [0.1, 0.15) is 5.75 Å². The molecule has 0 heterocycles. The largest absolute Gasteiger partial charge is 0.494 e. The van der Waals surface area contributed by atoms with Crippen LogP contribution in [0.3, 0.4) is 0 Å². The van der Waals surface area contributed by atoms with E-state index in [-0.39, 0.29) is 0 Å². The third-order valence-corrected chi connectivity index (χ3v) is 2.51. The number of unbranched alkanes of at least 4 members (excludes halogenated alkanes) is 2. The molecule has 1 rings (SSSR count). The van der Waals surface area contributed by atoms with Crippen LogP contribution in [0.5, 0.6) is 5.75 Å². The minimum atomic E-state index is 0.754. The van der Waals surface area contributed by atoms with Gasteiger partial charge in [0, 0.05) is 5.88 Å². The van der Waals surface area contributed by atoms with E-state index in [9.17, 15) is 0 Å². The van der Waals surface area contributed by atoms with Crippen molar-refractivity contribution >= 4 is 11.6 Å². The van der Waals surface area contributed by atoms with Crippen molar-refractivity contribution in [2.75, 3.05) is 12.5 Å². The van der Waals surface area contributed by atoms with E-state index in [0.717, 1.165) is 37.5 Å². The molecule has 2 heteroatoms. The van der Waals surface area contributed by atoms with Crippen LogP contribution in [0.4, 0.5) is 0 Å². The molecule has 0 aliphatic carbocycles. The molecule has 0 bridgehead atoms. The summed E-state index contributed by atoms with van der Waals surface area (Å²) < 4.78 is 5.67. The number of hydrogen-bond acceptors (Lipinski definition) is 1. The van der Waals surface area contributed by atoms with Gasteiger partial charge in [0.05, 0.1) is 6.61 Å². The molecule has 0 fully saturated rings. The lowest BCUT2D eigenvalue weighted by Crippen LogP contribution is -1.98. The summed E-state index contributed by atoms with van der Waals surface area (Å²) >= 11 is 5.60. The molecular weight excluding hydrogens is 208 g/mol. The number of alkyl halides is 1. The van der Waals surface area contributed by atoms with Crippen molar-refractivity contribution in [3.8, 4) is 5.75 Å². The number of hydrogen-bond donors (Lipinski definition) is 0. The summed E-state index contributed by atoms with van der Waals surface area (Å²) in [6.07, 6.45) is 3.31. The third kappa shape index (κ3) is 5.08. The Kier molecular flexibility index (Phi) is 5.56. The normalized spacial score (nSPS) is 10.3. The Morgan fingerprint density at radius 1 is 1.00 bits per heavy atom. The second-order valence-electron chi connectivity index (χ2n) is 3.92. The van der Waals surface area contributed by atoms with E-state index in [1.54, 1.807) is 0 Å². The van der Waals surface area contributed by atoms with Crippen LogP contribution < -0.4 is 4.74 Å². The maximum Gasteiger partial charge on any atom is 0.119 e. The Hall–Kier alpha value is -0.690. The van der Waals surface area contributed by atoms with Crippen molar-refractivity contribution in [3.63, 3.8) is 0 Å². The van der Waals surface area contributed by atoms with Crippen LogP contribution in [0, 0.1) is 13.8 Å². The van der Waals surface area contributed by atoms with E-state index in [1.807, 2.05) is 0 Å². The summed E-state index contributed by atoms with van der Waals surface area (Å²) in [7, 11) is 0. The minimum absolute atomic E-state index is 0.754. The van der Waals surface area contributed by atoms with Gasteiger partial charge in [0.25, 0.3) is 0 Å². The minimum Gasteiger partial charge on any atom is -0.494 e. The van der Waals surface area contributed by atoms with Crippen LogP contribution >= 0.6 is 11.6 Å². The Labute approximate surface area is 97.4 Å². The highest BCUT2D eigenvalue weighted by atomic mass is 35.5. The fourth-order valence-electron chi connectivity index (χ4n) is 1.58. The molecule has 0 spiro atoms. The summed E-state index contributed by atoms with van der Waals surface area (Å²) in [5, 5.41) is 0. The summed E-state index contributed by atoms with van der Waals surface area (Å²) in [5.74, 6) is 1.74. The van der Waals surface area contributed by atoms with Crippen LogP contribution in [0.25, 0.3) is 0 Å². The van der Waals surface area contributed by atoms with Gasteiger partial charge >= 0.3 is 0 Å². The molecule has 1 nitrogen and oxygen atoms in total. The molecule has 0 unspecified atom stereocenters. The predicted molar refractivity (Wildman–Crippen MR) is 66.0 cm³/mol. The molecule has 0 radical (unpaired) electrons. The number of halogens is 1. The predicted octanol–water partition coefficient (Wildman–Crippen LogP) is 4.09. The SMILES string of the molecule is Cc1cc(C)cc(OCCCCCCl)c1. The first-order valence-corrected chi connectivity index (χ1v) is 6.03. The Balaban J connectivity index is 2.31. The summed E-state index contributed by atoms with van der Waals surface area (Å²) in [4.78, 5) is 0. The molecule has 0 N–H and O–H groups in total. The lowest BCUT2D eigenvalue weighted by atomic mass is 10.1. The third-order valence-electron chi connectivity index (χ3n) is 2.24. The van der Waals surface area contributed by atoms with E-state index in [0.29, 0.717) is 0 Å². The van der Waals surface area contributed by atoms with Crippen LogP contribution in [-0.2, 0) is 0 Å². The van der Waals surface area contributed by atoms with Crippen LogP contribution in [0.2, 0.25) is 0 Å². The van der Waals surface area contributed by atoms with Crippen LogP contribution in [0.1, 0.15) is 30.4 Å². The van der Waals surface area contributed by atoms with E-state index in [2.05, 4.69) is 32.0 Å². The topological polar surface area (TPSA) is 9.23 Å². The standard InChI is InChI=1S/C13H19ClO/c1-11-8-12(2)10-13(9-11)15-7-5-3-4-6-14/h8-10H,3-7H2,1-2H3. The molecule has 84 valence electrons. The quantitative estimate of drug-likeness (QED) is 0.525. The second kappa shape index (κ2) is 6.73. The molecule has 0 atom stereocenters. The highest BCUT2D eigenvalue weighted by Crippen LogP contribution is 2.16. The Morgan fingerprint density at radius 3 is 2.27 bits per heavy atom. The smallest absolute Gasteiger partial charge is 0.119 e. The van der Waals surface area contributed by atoms with Gasteiger partial charge < -0.3 is 4.74 Å². The summed E-state index contributed by atoms with van der Waals surface area (Å²) in [6.45, 7) is 4.97. The number of benzene rings is 1. The first-order chi connectivity index (χ1) is 7.22. The maximum atomic E-state index is 5.67. The first-order valence-electron chi connectivity index (χ1n) is 5.49. The van der Waals surface area contributed by atoms with E-state index >= 15 is 0 Å². The van der Waals surface area contributed by atoms with Crippen molar-refractivity contribution in [2.45, 2.75) is 33.1 Å². The lowest BCUT2D eigenvalue weighted by Gasteiger charge is -2.07. The Bertz CT molecular complexity index is 276. The highest BCUT2D eigenvalue weighted by molar-refractivity contribution is 6.17. The molecule has 0 aliphatic rings. The number of rotatable bonds is 6. The molecule has 15 heavy (non-hydrogen) atoms. The van der Waals surface area contributed by atoms with Gasteiger partial charge in [-0.25, -0.2) is 0 Å². The fourth-order valence-corrected chi connectivity index (χ4v) is 1.77. The molecule has 1 aromatic carbocycles. The van der Waals surface area contributed by atoms with Gasteiger partial charge in [-0.05, 0) is 56.4 Å². The molecule has 0 amide bonds. The van der Waals surface area contributed by atoms with Crippen molar-refractivity contribution in [1.29, 1.82) is 0 Å². The van der Waals surface area contributed by atoms with Crippen molar-refractivity contribution < 1.29 is 4.74 Å². The molecule has 0 aliphatic heterocycles. The summed E-state index contributed by atoms with van der Waals surface area (Å²) in [5.41, 5.74) is 2.51. The van der Waals surface area contributed by atoms with Crippen LogP contribution in [0.15, 0.2) is 18.2 Å². The highest BCUT2D eigenvalue weighted by Gasteiger charge is 1.96. The molecular formula is C13H19ClO. The second-order valence-corrected chi connectivity index (χ2v) is 4.30. The van der Waals surface area contributed by atoms with Crippen molar-refractivity contribution in [3.05, 3.63) is 29.3 Å². The average Bonchev–Trinajstić information content (AvgIpc) is 2.16. The van der Waals surface area contributed by atoms with E-state index in [1.165, 1.54) is 11.1 Å². The van der Waals surface area contributed by atoms with E-state index in [4.69, 9.17) is 16.3 Å². The first kappa shape index (κ1) is 12.4. The van der Waals surface area contributed by atoms with Crippen molar-refractivity contribution in [2.24, 2.45) is 0 Å². The van der Waals surface area contributed by atoms with Gasteiger partial charge in [-0.15, -0.1) is 11.6 Å². The van der Waals surface area contributed by atoms with Gasteiger partial charge in [0.2, 0.25) is 0 Å². The Morgan fingerprint density at radius 2 is 1.67 bits per heavy atom. The molecule has 1 aromatic rings. The molecule has 0 aromatic heterocycles.